The third-order valence-corrected chi connectivity index (χ3v) is 10.9. The molecule has 0 unspecified atom stereocenters. The molecule has 0 aliphatic carbocycles. The topological polar surface area (TPSA) is 16.4 Å². The van der Waals surface area contributed by atoms with Gasteiger partial charge in [0.2, 0.25) is 0 Å². The van der Waals surface area contributed by atoms with Gasteiger partial charge in [0.1, 0.15) is 11.2 Å². The Morgan fingerprint density at radius 1 is 0.408 bits per heavy atom. The molecular formula is C46H29NOS. The summed E-state index contributed by atoms with van der Waals surface area (Å²) in [7, 11) is 0. The lowest BCUT2D eigenvalue weighted by Gasteiger charge is -2.28. The number of anilines is 3. The van der Waals surface area contributed by atoms with Gasteiger partial charge in [-0.25, -0.2) is 0 Å². The number of rotatable bonds is 5. The minimum Gasteiger partial charge on any atom is -0.456 e. The third kappa shape index (κ3) is 4.47. The smallest absolute Gasteiger partial charge is 0.137 e. The molecule has 10 aromatic rings. The maximum Gasteiger partial charge on any atom is 0.137 e. The summed E-state index contributed by atoms with van der Waals surface area (Å²) in [6.07, 6.45) is 0. The molecule has 8 aromatic carbocycles. The maximum atomic E-state index is 6.42. The van der Waals surface area contributed by atoms with Crippen LogP contribution in [0.2, 0.25) is 0 Å². The van der Waals surface area contributed by atoms with E-state index in [0.29, 0.717) is 0 Å². The fraction of sp³-hybridized carbons (Fsp3) is 0. The van der Waals surface area contributed by atoms with Crippen molar-refractivity contribution in [1.29, 1.82) is 0 Å². The van der Waals surface area contributed by atoms with Crippen LogP contribution in [0.4, 0.5) is 17.1 Å². The van der Waals surface area contributed by atoms with Gasteiger partial charge in [0.05, 0.1) is 16.8 Å². The first kappa shape index (κ1) is 27.9. The summed E-state index contributed by atoms with van der Waals surface area (Å²) in [5, 5.41) is 7.29. The average Bonchev–Trinajstić information content (AvgIpc) is 3.75. The van der Waals surface area contributed by atoms with Crippen LogP contribution in [0.25, 0.3) is 75.1 Å². The number of thiophene rings is 1. The molecule has 2 aromatic heterocycles. The molecule has 230 valence electrons. The Kier molecular flexibility index (Phi) is 6.39. The molecule has 0 aliphatic heterocycles. The van der Waals surface area contributed by atoms with Gasteiger partial charge in [-0.05, 0) is 70.1 Å². The van der Waals surface area contributed by atoms with Gasteiger partial charge in [-0.3, -0.25) is 0 Å². The van der Waals surface area contributed by atoms with Gasteiger partial charge >= 0.3 is 0 Å². The Morgan fingerprint density at radius 2 is 1.04 bits per heavy atom. The normalized spacial score (nSPS) is 11.7. The van der Waals surface area contributed by atoms with Crippen molar-refractivity contribution in [3.8, 4) is 22.3 Å². The van der Waals surface area contributed by atoms with Crippen molar-refractivity contribution in [3.63, 3.8) is 0 Å². The monoisotopic (exact) mass is 643 g/mol. The fourth-order valence-electron chi connectivity index (χ4n) is 7.46. The van der Waals surface area contributed by atoms with Crippen LogP contribution in [0.1, 0.15) is 0 Å². The standard InChI is InChI=1S/C46H29NOS/c1-2-12-30(13-3-1)34-15-4-5-16-35(34)31-24-27-33(28-25-31)47(40-20-11-22-42-45(40)38-18-6-8-21-41(38)48-42)39-19-10-14-32-26-29-37-36-17-7-9-23-43(36)49-46(37)44(32)39/h1-29H. The lowest BCUT2D eigenvalue weighted by molar-refractivity contribution is 0.669. The summed E-state index contributed by atoms with van der Waals surface area (Å²) in [6, 6.07) is 63.1. The highest BCUT2D eigenvalue weighted by Gasteiger charge is 2.22. The Balaban J connectivity index is 1.24. The van der Waals surface area contributed by atoms with Gasteiger partial charge < -0.3 is 9.32 Å². The number of hydrogen-bond donors (Lipinski definition) is 0. The van der Waals surface area contributed by atoms with E-state index in [1.54, 1.807) is 0 Å². The van der Waals surface area contributed by atoms with Gasteiger partial charge in [-0.15, -0.1) is 11.3 Å². The van der Waals surface area contributed by atoms with Crippen molar-refractivity contribution in [1.82, 2.24) is 0 Å². The van der Waals surface area contributed by atoms with Crippen LogP contribution < -0.4 is 4.90 Å². The molecule has 10 rings (SSSR count). The summed E-state index contributed by atoms with van der Waals surface area (Å²) < 4.78 is 9.02. The van der Waals surface area contributed by atoms with Crippen LogP contribution in [-0.4, -0.2) is 0 Å². The molecule has 0 radical (unpaired) electrons. The van der Waals surface area contributed by atoms with Crippen molar-refractivity contribution < 1.29 is 4.42 Å². The summed E-state index contributed by atoms with van der Waals surface area (Å²) in [5.74, 6) is 0. The fourth-order valence-corrected chi connectivity index (χ4v) is 8.73. The van der Waals surface area contributed by atoms with E-state index in [0.717, 1.165) is 39.0 Å². The number of fused-ring (bicyclic) bond motifs is 8. The summed E-state index contributed by atoms with van der Waals surface area (Å²) >= 11 is 1.87. The van der Waals surface area contributed by atoms with Crippen LogP contribution >= 0.6 is 11.3 Å². The minimum atomic E-state index is 0.879. The zero-order chi connectivity index (χ0) is 32.3. The Hall–Kier alpha value is -6.16. The van der Waals surface area contributed by atoms with Crippen LogP contribution in [0, 0.1) is 0 Å². The Bertz CT molecular complexity index is 2830. The predicted octanol–water partition coefficient (Wildman–Crippen LogP) is 13.9. The molecule has 0 spiro atoms. The molecule has 0 amide bonds. The van der Waals surface area contributed by atoms with E-state index in [1.807, 2.05) is 17.4 Å². The predicted molar refractivity (Wildman–Crippen MR) is 210 cm³/mol. The van der Waals surface area contributed by atoms with Crippen LogP contribution in [0.15, 0.2) is 180 Å². The third-order valence-electron chi connectivity index (χ3n) is 9.68. The molecule has 0 aliphatic rings. The Labute approximate surface area is 287 Å². The zero-order valence-corrected chi connectivity index (χ0v) is 27.3. The van der Waals surface area contributed by atoms with E-state index in [-0.39, 0.29) is 0 Å². The van der Waals surface area contributed by atoms with Gasteiger partial charge in [-0.1, -0.05) is 133 Å². The SMILES string of the molecule is c1ccc(-c2ccccc2-c2ccc(N(c3cccc4oc5ccccc5c34)c3cccc4ccc5c6ccccc6sc5c34)cc2)cc1. The number of furan rings is 1. The highest BCUT2D eigenvalue weighted by molar-refractivity contribution is 7.26. The van der Waals surface area contributed by atoms with Gasteiger partial charge in [0.25, 0.3) is 0 Å². The van der Waals surface area contributed by atoms with E-state index in [4.69, 9.17) is 4.42 Å². The Morgan fingerprint density at radius 3 is 1.86 bits per heavy atom. The largest absolute Gasteiger partial charge is 0.456 e. The molecule has 0 fully saturated rings. The molecule has 0 N–H and O–H groups in total. The number of nitrogens with zero attached hydrogens (tertiary/aromatic N) is 1. The molecule has 3 heteroatoms. The number of para-hydroxylation sites is 1. The quantitative estimate of drug-likeness (QED) is 0.186. The van der Waals surface area contributed by atoms with E-state index in [9.17, 15) is 0 Å². The van der Waals surface area contributed by atoms with Gasteiger partial charge in [-0.2, -0.15) is 0 Å². The number of hydrogen-bond acceptors (Lipinski definition) is 3. The van der Waals surface area contributed by atoms with E-state index in [1.165, 1.54) is 53.2 Å². The lowest BCUT2D eigenvalue weighted by atomic mass is 9.94. The first-order valence-electron chi connectivity index (χ1n) is 16.6. The molecule has 0 saturated heterocycles. The highest BCUT2D eigenvalue weighted by atomic mass is 32.1. The molecule has 0 bridgehead atoms. The second kappa shape index (κ2) is 11.2. The van der Waals surface area contributed by atoms with E-state index in [2.05, 4.69) is 175 Å². The van der Waals surface area contributed by atoms with E-state index < -0.39 is 0 Å². The molecule has 0 atom stereocenters. The number of benzene rings is 8. The summed E-state index contributed by atoms with van der Waals surface area (Å²) in [4.78, 5) is 2.43. The molecular weight excluding hydrogens is 615 g/mol. The zero-order valence-electron chi connectivity index (χ0n) is 26.5. The highest BCUT2D eigenvalue weighted by Crippen LogP contribution is 2.48. The summed E-state index contributed by atoms with van der Waals surface area (Å²) in [5.41, 5.74) is 9.92. The minimum absolute atomic E-state index is 0.879. The van der Waals surface area contributed by atoms with Crippen molar-refractivity contribution in [2.24, 2.45) is 0 Å². The first-order chi connectivity index (χ1) is 24.3. The van der Waals surface area contributed by atoms with Crippen LogP contribution in [0.3, 0.4) is 0 Å². The van der Waals surface area contributed by atoms with Crippen molar-refractivity contribution in [2.45, 2.75) is 0 Å². The molecule has 49 heavy (non-hydrogen) atoms. The van der Waals surface area contributed by atoms with E-state index >= 15 is 0 Å². The lowest BCUT2D eigenvalue weighted by Crippen LogP contribution is -2.11. The summed E-state index contributed by atoms with van der Waals surface area (Å²) in [6.45, 7) is 0. The van der Waals surface area contributed by atoms with Crippen LogP contribution in [-0.2, 0) is 0 Å². The van der Waals surface area contributed by atoms with Crippen molar-refractivity contribution in [3.05, 3.63) is 176 Å². The van der Waals surface area contributed by atoms with Crippen molar-refractivity contribution in [2.75, 3.05) is 4.90 Å². The van der Waals surface area contributed by atoms with Gasteiger partial charge in [0, 0.05) is 36.6 Å². The van der Waals surface area contributed by atoms with Crippen LogP contribution in [0.5, 0.6) is 0 Å². The molecule has 2 nitrogen and oxygen atoms in total. The maximum absolute atomic E-state index is 6.42. The second-order valence-corrected chi connectivity index (χ2v) is 13.5. The average molecular weight is 644 g/mol. The van der Waals surface area contributed by atoms with Gasteiger partial charge in [0.15, 0.2) is 0 Å². The molecule has 0 saturated carbocycles. The first-order valence-corrected chi connectivity index (χ1v) is 17.4. The second-order valence-electron chi connectivity index (χ2n) is 12.5. The van der Waals surface area contributed by atoms with Crippen molar-refractivity contribution >= 4 is 81.3 Å². The molecule has 2 heterocycles.